The molecule has 0 radical (unpaired) electrons. The molecule has 23 heavy (non-hydrogen) atoms. The van der Waals surface area contributed by atoms with Crippen molar-refractivity contribution in [1.82, 2.24) is 4.31 Å². The van der Waals surface area contributed by atoms with Crippen LogP contribution in [0.2, 0.25) is 0 Å². The molecule has 2 aromatic rings. The second kappa shape index (κ2) is 7.43. The monoisotopic (exact) mass is 339 g/mol. The van der Waals surface area contributed by atoms with Crippen molar-refractivity contribution in [3.8, 4) is 11.5 Å². The summed E-state index contributed by atoms with van der Waals surface area (Å²) in [5.41, 5.74) is 0. The normalized spacial score (nSPS) is 11.5. The van der Waals surface area contributed by atoms with Crippen LogP contribution >= 0.6 is 0 Å². The van der Waals surface area contributed by atoms with Crippen LogP contribution in [-0.2, 0) is 10.0 Å². The zero-order valence-corrected chi connectivity index (χ0v) is 13.7. The molecule has 0 spiro atoms. The van der Waals surface area contributed by atoms with Crippen LogP contribution in [0.4, 0.5) is 4.39 Å². The largest absolute Gasteiger partial charge is 0.497 e. The van der Waals surface area contributed by atoms with Crippen LogP contribution in [0.5, 0.6) is 11.5 Å². The Labute approximate surface area is 135 Å². The van der Waals surface area contributed by atoms with Crippen molar-refractivity contribution in [2.24, 2.45) is 0 Å². The van der Waals surface area contributed by atoms with Gasteiger partial charge in [-0.15, -0.1) is 0 Å². The number of nitrogens with zero attached hydrogens (tertiary/aromatic N) is 1. The van der Waals surface area contributed by atoms with Gasteiger partial charge in [-0.05, 0) is 48.5 Å². The third kappa shape index (κ3) is 4.43. The minimum atomic E-state index is -3.65. The van der Waals surface area contributed by atoms with E-state index >= 15 is 0 Å². The van der Waals surface area contributed by atoms with E-state index in [4.69, 9.17) is 9.47 Å². The second-order valence-corrected chi connectivity index (χ2v) is 6.85. The highest BCUT2D eigenvalue weighted by Gasteiger charge is 2.20. The fraction of sp³-hybridized carbons (Fsp3) is 0.250. The van der Waals surface area contributed by atoms with Crippen molar-refractivity contribution >= 4 is 10.0 Å². The van der Waals surface area contributed by atoms with E-state index in [9.17, 15) is 12.8 Å². The van der Waals surface area contributed by atoms with Gasteiger partial charge in [0.1, 0.15) is 23.9 Å². The summed E-state index contributed by atoms with van der Waals surface area (Å²) in [4.78, 5) is 0.0471. The van der Waals surface area contributed by atoms with Crippen LogP contribution in [0.25, 0.3) is 0 Å². The molecule has 0 saturated heterocycles. The summed E-state index contributed by atoms with van der Waals surface area (Å²) < 4.78 is 49.2. The molecule has 0 atom stereocenters. The lowest BCUT2D eigenvalue weighted by Crippen LogP contribution is -2.31. The first-order valence-electron chi connectivity index (χ1n) is 6.92. The number of ether oxygens (including phenoxy) is 2. The zero-order valence-electron chi connectivity index (χ0n) is 12.9. The van der Waals surface area contributed by atoms with Gasteiger partial charge in [-0.2, -0.15) is 4.31 Å². The number of sulfonamides is 1. The highest BCUT2D eigenvalue weighted by atomic mass is 32.2. The number of rotatable bonds is 7. The van der Waals surface area contributed by atoms with E-state index in [0.29, 0.717) is 11.5 Å². The molecule has 0 bridgehead atoms. The van der Waals surface area contributed by atoms with E-state index in [1.807, 2.05) is 0 Å². The van der Waals surface area contributed by atoms with Crippen molar-refractivity contribution in [2.45, 2.75) is 4.90 Å². The molecule has 2 rings (SSSR count). The molecule has 124 valence electrons. The lowest BCUT2D eigenvalue weighted by Gasteiger charge is -2.17. The fourth-order valence-corrected chi connectivity index (χ4v) is 3.03. The van der Waals surface area contributed by atoms with Crippen LogP contribution in [0.15, 0.2) is 53.4 Å². The number of methoxy groups -OCH3 is 1. The van der Waals surface area contributed by atoms with Crippen molar-refractivity contribution in [3.63, 3.8) is 0 Å². The molecule has 0 aromatic heterocycles. The van der Waals surface area contributed by atoms with Crippen molar-refractivity contribution < 1.29 is 22.3 Å². The van der Waals surface area contributed by atoms with Gasteiger partial charge >= 0.3 is 0 Å². The predicted molar refractivity (Wildman–Crippen MR) is 84.7 cm³/mol. The summed E-state index contributed by atoms with van der Waals surface area (Å²) in [6, 6.07) is 11.7. The molecule has 0 saturated carbocycles. The van der Waals surface area contributed by atoms with Gasteiger partial charge in [0.05, 0.1) is 12.0 Å². The van der Waals surface area contributed by atoms with E-state index in [1.54, 1.807) is 31.4 Å². The van der Waals surface area contributed by atoms with Gasteiger partial charge in [-0.3, -0.25) is 0 Å². The van der Waals surface area contributed by atoms with Crippen LogP contribution in [0.3, 0.4) is 0 Å². The van der Waals surface area contributed by atoms with Crippen LogP contribution in [0, 0.1) is 5.82 Å². The molecule has 5 nitrogen and oxygen atoms in total. The maximum atomic E-state index is 12.9. The third-order valence-corrected chi connectivity index (χ3v) is 5.13. The molecule has 0 aliphatic carbocycles. The van der Waals surface area contributed by atoms with Gasteiger partial charge in [0.15, 0.2) is 0 Å². The molecular formula is C16H18FNO4S. The van der Waals surface area contributed by atoms with E-state index < -0.39 is 15.8 Å². The Hall–Kier alpha value is -2.12. The SMILES string of the molecule is COc1ccc(OCCN(C)S(=O)(=O)c2ccc(F)cc2)cc1. The van der Waals surface area contributed by atoms with E-state index in [0.717, 1.165) is 12.1 Å². The average Bonchev–Trinajstić information content (AvgIpc) is 2.55. The number of halogens is 1. The van der Waals surface area contributed by atoms with Crippen LogP contribution in [0.1, 0.15) is 0 Å². The average molecular weight is 339 g/mol. The predicted octanol–water partition coefficient (Wildman–Crippen LogP) is 2.53. The van der Waals surface area contributed by atoms with Crippen LogP contribution < -0.4 is 9.47 Å². The highest BCUT2D eigenvalue weighted by molar-refractivity contribution is 7.89. The first kappa shape index (κ1) is 17.2. The number of likely N-dealkylation sites (N-methyl/N-ethyl adjacent to an activating group) is 1. The summed E-state index contributed by atoms with van der Waals surface area (Å²) in [6.07, 6.45) is 0. The van der Waals surface area contributed by atoms with Crippen molar-refractivity contribution in [3.05, 3.63) is 54.3 Å². The van der Waals surface area contributed by atoms with Crippen molar-refractivity contribution in [2.75, 3.05) is 27.3 Å². The van der Waals surface area contributed by atoms with E-state index in [-0.39, 0.29) is 18.0 Å². The Balaban J connectivity index is 1.92. The molecule has 0 aliphatic heterocycles. The minimum Gasteiger partial charge on any atom is -0.497 e. The summed E-state index contributed by atoms with van der Waals surface area (Å²) >= 11 is 0. The Bertz CT molecular complexity index is 730. The fourth-order valence-electron chi connectivity index (χ4n) is 1.87. The van der Waals surface area contributed by atoms with E-state index in [2.05, 4.69) is 0 Å². The molecule has 2 aromatic carbocycles. The molecule has 0 fully saturated rings. The molecule has 0 amide bonds. The molecule has 0 aliphatic rings. The van der Waals surface area contributed by atoms with Gasteiger partial charge in [0.25, 0.3) is 0 Å². The summed E-state index contributed by atoms with van der Waals surface area (Å²) in [5.74, 6) is 0.862. The smallest absolute Gasteiger partial charge is 0.242 e. The van der Waals surface area contributed by atoms with Gasteiger partial charge in [-0.25, -0.2) is 12.8 Å². The highest BCUT2D eigenvalue weighted by Crippen LogP contribution is 2.18. The number of hydrogen-bond acceptors (Lipinski definition) is 4. The molecule has 7 heteroatoms. The number of hydrogen-bond donors (Lipinski definition) is 0. The summed E-state index contributed by atoms with van der Waals surface area (Å²) in [5, 5.41) is 0. The topological polar surface area (TPSA) is 55.8 Å². The quantitative estimate of drug-likeness (QED) is 0.778. The Morgan fingerprint density at radius 3 is 2.13 bits per heavy atom. The lowest BCUT2D eigenvalue weighted by molar-refractivity contribution is 0.286. The van der Waals surface area contributed by atoms with Crippen molar-refractivity contribution in [1.29, 1.82) is 0 Å². The maximum Gasteiger partial charge on any atom is 0.242 e. The third-order valence-electron chi connectivity index (χ3n) is 3.26. The number of benzene rings is 2. The lowest BCUT2D eigenvalue weighted by atomic mass is 10.3. The molecular weight excluding hydrogens is 321 g/mol. The summed E-state index contributed by atoms with van der Waals surface area (Å²) in [7, 11) is -0.625. The molecule has 0 unspecified atom stereocenters. The first-order valence-corrected chi connectivity index (χ1v) is 8.36. The van der Waals surface area contributed by atoms with Gasteiger partial charge < -0.3 is 9.47 Å². The van der Waals surface area contributed by atoms with Gasteiger partial charge in [-0.1, -0.05) is 0 Å². The van der Waals surface area contributed by atoms with Gasteiger partial charge in [0, 0.05) is 13.6 Å². The van der Waals surface area contributed by atoms with E-state index in [1.165, 1.54) is 23.5 Å². The van der Waals surface area contributed by atoms with Crippen LogP contribution in [-0.4, -0.2) is 40.0 Å². The van der Waals surface area contributed by atoms with Gasteiger partial charge in [0.2, 0.25) is 10.0 Å². The molecule has 0 N–H and O–H groups in total. The summed E-state index contributed by atoms with van der Waals surface area (Å²) in [6.45, 7) is 0.370. The second-order valence-electron chi connectivity index (χ2n) is 4.80. The maximum absolute atomic E-state index is 12.9. The standard InChI is InChI=1S/C16H18FNO4S/c1-18(23(19,20)16-9-3-13(17)4-10-16)11-12-22-15-7-5-14(21-2)6-8-15/h3-10H,11-12H2,1-2H3. The Morgan fingerprint density at radius 2 is 1.57 bits per heavy atom. The Kier molecular flexibility index (Phi) is 5.57. The Morgan fingerprint density at radius 1 is 1.00 bits per heavy atom. The molecule has 0 heterocycles. The minimum absolute atomic E-state index is 0.0471. The zero-order chi connectivity index (χ0) is 16.9. The first-order chi connectivity index (χ1) is 10.9.